The van der Waals surface area contributed by atoms with Gasteiger partial charge in [-0.05, 0) is 53.9 Å². The second-order valence-electron chi connectivity index (χ2n) is 9.34. The van der Waals surface area contributed by atoms with Crippen molar-refractivity contribution in [3.63, 3.8) is 0 Å². The van der Waals surface area contributed by atoms with E-state index in [0.29, 0.717) is 22.2 Å². The van der Waals surface area contributed by atoms with Crippen molar-refractivity contribution in [2.75, 3.05) is 44.2 Å². The number of aromatic hydroxyl groups is 1. The van der Waals surface area contributed by atoms with Gasteiger partial charge in [-0.1, -0.05) is 59.1 Å². The van der Waals surface area contributed by atoms with Crippen LogP contribution in [0.2, 0.25) is 15.1 Å². The van der Waals surface area contributed by atoms with Crippen molar-refractivity contribution in [2.24, 2.45) is 5.10 Å². The van der Waals surface area contributed by atoms with Crippen LogP contribution in [0.1, 0.15) is 15.9 Å². The lowest BCUT2D eigenvalue weighted by atomic mass is 10.0. The first-order valence-electron chi connectivity index (χ1n) is 12.8. The van der Waals surface area contributed by atoms with E-state index in [-0.39, 0.29) is 10.8 Å². The Balaban J connectivity index is 1.16. The van der Waals surface area contributed by atoms with Gasteiger partial charge in [-0.25, -0.2) is 5.43 Å². The van der Waals surface area contributed by atoms with E-state index in [1.165, 1.54) is 18.2 Å². The van der Waals surface area contributed by atoms with Crippen molar-refractivity contribution in [1.82, 2.24) is 10.3 Å². The number of halogens is 3. The van der Waals surface area contributed by atoms with Gasteiger partial charge in [-0.3, -0.25) is 9.69 Å². The molecular weight excluding hydrogens is 571 g/mol. The molecular formula is C30H27Cl3N4O3. The molecule has 7 nitrogen and oxygen atoms in total. The summed E-state index contributed by atoms with van der Waals surface area (Å²) in [6.07, 6.45) is 1.60. The molecule has 1 aliphatic heterocycles. The first-order chi connectivity index (χ1) is 19.4. The molecule has 0 aromatic heterocycles. The molecule has 1 aliphatic rings. The number of rotatable bonds is 8. The van der Waals surface area contributed by atoms with E-state index in [9.17, 15) is 9.90 Å². The van der Waals surface area contributed by atoms with Gasteiger partial charge in [0.05, 0.1) is 21.3 Å². The van der Waals surface area contributed by atoms with Crippen LogP contribution in [0.4, 0.5) is 5.69 Å². The minimum atomic E-state index is -0.430. The Morgan fingerprint density at radius 1 is 0.900 bits per heavy atom. The molecule has 1 fully saturated rings. The number of phenols is 1. The molecule has 0 saturated carbocycles. The Bertz CT molecular complexity index is 1560. The molecule has 1 saturated heterocycles. The molecule has 10 heteroatoms. The zero-order valence-electron chi connectivity index (χ0n) is 21.5. The summed E-state index contributed by atoms with van der Waals surface area (Å²) < 4.78 is 6.20. The van der Waals surface area contributed by atoms with Gasteiger partial charge in [-0.2, -0.15) is 5.10 Å². The predicted octanol–water partition coefficient (Wildman–Crippen LogP) is 6.47. The number of hydrogen-bond donors (Lipinski definition) is 2. The van der Waals surface area contributed by atoms with E-state index in [1.54, 1.807) is 6.21 Å². The fourth-order valence-corrected chi connectivity index (χ4v) is 5.08. The summed E-state index contributed by atoms with van der Waals surface area (Å²) in [5, 5.41) is 16.8. The Morgan fingerprint density at radius 3 is 2.42 bits per heavy atom. The SMILES string of the molecule is O=C(NN=Cc1ccc(OCCN2CCN(c3ccc(Cl)c(Cl)c3)CC2)c2ccccc12)c1ccc(O)c(Cl)c1. The van der Waals surface area contributed by atoms with Crippen molar-refractivity contribution in [1.29, 1.82) is 0 Å². The quantitative estimate of drug-likeness (QED) is 0.180. The van der Waals surface area contributed by atoms with E-state index >= 15 is 0 Å². The average molecular weight is 598 g/mol. The third-order valence-electron chi connectivity index (χ3n) is 6.80. The van der Waals surface area contributed by atoms with Crippen LogP contribution in [0.25, 0.3) is 10.8 Å². The standard InChI is InChI=1S/C30H27Cl3N4O3/c31-25-8-7-22(18-26(25)32)37-13-11-36(12-14-37)15-16-40-29-10-6-21(23-3-1-2-4-24(23)29)19-34-35-30(39)20-5-9-28(38)27(33)17-20/h1-10,17-19,38H,11-16H2,(H,35,39). The van der Waals surface area contributed by atoms with Crippen LogP contribution in [0.15, 0.2) is 77.9 Å². The third-order valence-corrected chi connectivity index (χ3v) is 7.84. The smallest absolute Gasteiger partial charge is 0.271 e. The lowest BCUT2D eigenvalue weighted by molar-refractivity contribution is 0.0955. The predicted molar refractivity (Wildman–Crippen MR) is 163 cm³/mol. The number of nitrogens with one attached hydrogen (secondary N) is 1. The lowest BCUT2D eigenvalue weighted by Crippen LogP contribution is -2.47. The van der Waals surface area contributed by atoms with Crippen LogP contribution >= 0.6 is 34.8 Å². The van der Waals surface area contributed by atoms with E-state index in [1.807, 2.05) is 54.6 Å². The fraction of sp³-hybridized carbons (Fsp3) is 0.200. The Kier molecular flexibility index (Phi) is 8.97. The highest BCUT2D eigenvalue weighted by molar-refractivity contribution is 6.42. The molecule has 0 aliphatic carbocycles. The second kappa shape index (κ2) is 12.8. The van der Waals surface area contributed by atoms with E-state index in [2.05, 4.69) is 20.3 Å². The van der Waals surface area contributed by atoms with Crippen molar-refractivity contribution >= 4 is 63.4 Å². The van der Waals surface area contributed by atoms with Gasteiger partial charge in [0, 0.05) is 54.9 Å². The summed E-state index contributed by atoms with van der Waals surface area (Å²) in [6.45, 7) is 5.07. The van der Waals surface area contributed by atoms with Gasteiger partial charge >= 0.3 is 0 Å². The lowest BCUT2D eigenvalue weighted by Gasteiger charge is -2.36. The van der Waals surface area contributed by atoms with Gasteiger partial charge in [0.2, 0.25) is 0 Å². The number of nitrogens with zero attached hydrogens (tertiary/aromatic N) is 3. The highest BCUT2D eigenvalue weighted by atomic mass is 35.5. The number of piperazine rings is 1. The van der Waals surface area contributed by atoms with Gasteiger partial charge in [0.15, 0.2) is 0 Å². The first-order valence-corrected chi connectivity index (χ1v) is 13.9. The van der Waals surface area contributed by atoms with E-state index < -0.39 is 5.91 Å². The highest BCUT2D eigenvalue weighted by Gasteiger charge is 2.18. The molecule has 0 radical (unpaired) electrons. The van der Waals surface area contributed by atoms with Crippen LogP contribution in [0.3, 0.4) is 0 Å². The van der Waals surface area contributed by atoms with E-state index in [4.69, 9.17) is 39.5 Å². The number of anilines is 1. The molecule has 0 unspecified atom stereocenters. The molecule has 4 aromatic carbocycles. The average Bonchev–Trinajstić information content (AvgIpc) is 2.97. The van der Waals surface area contributed by atoms with Gasteiger partial charge in [0.1, 0.15) is 18.1 Å². The van der Waals surface area contributed by atoms with Crippen molar-refractivity contribution in [2.45, 2.75) is 0 Å². The number of carbonyl (C=O) groups is 1. The fourth-order valence-electron chi connectivity index (χ4n) is 4.60. The topological polar surface area (TPSA) is 77.4 Å². The number of phenolic OH excluding ortho intramolecular Hbond substituents is 1. The summed E-state index contributed by atoms with van der Waals surface area (Å²) >= 11 is 18.1. The summed E-state index contributed by atoms with van der Waals surface area (Å²) in [7, 11) is 0. The van der Waals surface area contributed by atoms with Crippen LogP contribution in [0.5, 0.6) is 11.5 Å². The third kappa shape index (κ3) is 6.62. The summed E-state index contributed by atoms with van der Waals surface area (Å²) in [5.74, 6) is 0.281. The Labute approximate surface area is 247 Å². The molecule has 0 spiro atoms. The molecule has 5 rings (SSSR count). The van der Waals surface area contributed by atoms with Crippen molar-refractivity contribution in [3.05, 3.63) is 99.0 Å². The number of benzene rings is 4. The number of hydrazone groups is 1. The van der Waals surface area contributed by atoms with Crippen LogP contribution < -0.4 is 15.1 Å². The largest absolute Gasteiger partial charge is 0.506 e. The molecule has 2 N–H and O–H groups in total. The number of fused-ring (bicyclic) bond motifs is 1. The van der Waals surface area contributed by atoms with Crippen molar-refractivity contribution < 1.29 is 14.6 Å². The number of amides is 1. The van der Waals surface area contributed by atoms with E-state index in [0.717, 1.165) is 60.5 Å². The van der Waals surface area contributed by atoms with Gasteiger partial charge in [-0.15, -0.1) is 0 Å². The number of hydrogen-bond acceptors (Lipinski definition) is 6. The number of carbonyl (C=O) groups excluding carboxylic acids is 1. The van der Waals surface area contributed by atoms with Gasteiger partial charge in [0.25, 0.3) is 5.91 Å². The maximum atomic E-state index is 12.4. The minimum absolute atomic E-state index is 0.0852. The normalized spacial score (nSPS) is 14.1. The highest BCUT2D eigenvalue weighted by Crippen LogP contribution is 2.29. The minimum Gasteiger partial charge on any atom is -0.506 e. The molecule has 0 atom stereocenters. The Morgan fingerprint density at radius 2 is 1.68 bits per heavy atom. The van der Waals surface area contributed by atoms with Crippen LogP contribution in [-0.4, -0.2) is 61.5 Å². The molecule has 1 amide bonds. The molecule has 206 valence electrons. The zero-order chi connectivity index (χ0) is 28.1. The first kappa shape index (κ1) is 28.1. The molecule has 4 aromatic rings. The summed E-state index contributed by atoms with van der Waals surface area (Å²) in [4.78, 5) is 17.1. The monoisotopic (exact) mass is 596 g/mol. The summed E-state index contributed by atoms with van der Waals surface area (Å²) in [6, 6.07) is 21.8. The number of ether oxygens (including phenoxy) is 1. The van der Waals surface area contributed by atoms with Crippen LogP contribution in [-0.2, 0) is 0 Å². The molecule has 1 heterocycles. The van der Waals surface area contributed by atoms with Gasteiger partial charge < -0.3 is 14.7 Å². The van der Waals surface area contributed by atoms with Crippen molar-refractivity contribution in [3.8, 4) is 11.5 Å². The Hall–Kier alpha value is -3.49. The molecule has 0 bridgehead atoms. The second-order valence-corrected chi connectivity index (χ2v) is 10.6. The maximum Gasteiger partial charge on any atom is 0.271 e. The molecule has 40 heavy (non-hydrogen) atoms. The maximum absolute atomic E-state index is 12.4. The van der Waals surface area contributed by atoms with Crippen LogP contribution in [0, 0.1) is 0 Å². The summed E-state index contributed by atoms with van der Waals surface area (Å²) in [5.41, 5.74) is 4.72. The zero-order valence-corrected chi connectivity index (χ0v) is 23.8.